The maximum atomic E-state index is 12.9. The molecule has 2 heterocycles. The van der Waals surface area contributed by atoms with Gasteiger partial charge < -0.3 is 14.5 Å². The number of furan rings is 1. The lowest BCUT2D eigenvalue weighted by Crippen LogP contribution is -2.10. The predicted octanol–water partition coefficient (Wildman–Crippen LogP) is 5.15. The van der Waals surface area contributed by atoms with Gasteiger partial charge in [0, 0.05) is 11.2 Å². The van der Waals surface area contributed by atoms with E-state index in [0.717, 1.165) is 5.56 Å². The maximum absolute atomic E-state index is 12.9. The summed E-state index contributed by atoms with van der Waals surface area (Å²) in [6.45, 7) is 0.607. The van der Waals surface area contributed by atoms with Gasteiger partial charge in [-0.2, -0.15) is 5.10 Å². The van der Waals surface area contributed by atoms with Crippen LogP contribution < -0.4 is 10.1 Å². The van der Waals surface area contributed by atoms with Gasteiger partial charge in [-0.1, -0.05) is 29.8 Å². The van der Waals surface area contributed by atoms with Gasteiger partial charge in [0.15, 0.2) is 5.76 Å². The van der Waals surface area contributed by atoms with Gasteiger partial charge in [0.1, 0.15) is 23.9 Å². The molecule has 0 aliphatic heterocycles. The molecular formula is C22H17ClFN3O3. The highest BCUT2D eigenvalue weighted by Crippen LogP contribution is 2.18. The van der Waals surface area contributed by atoms with Crippen LogP contribution in [0.5, 0.6) is 5.75 Å². The quantitative estimate of drug-likeness (QED) is 0.444. The summed E-state index contributed by atoms with van der Waals surface area (Å²) in [6, 6.07) is 16.4. The molecule has 0 radical (unpaired) electrons. The number of nitrogens with one attached hydrogen (secondary N) is 1. The fourth-order valence-corrected chi connectivity index (χ4v) is 2.97. The SMILES string of the molecule is O=C(Nc1cnn(Cc2ccccc2Cl)c1)c1ccc(COc2ccc(F)cc2)o1. The Morgan fingerprint density at radius 3 is 2.73 bits per heavy atom. The predicted molar refractivity (Wildman–Crippen MR) is 110 cm³/mol. The van der Waals surface area contributed by atoms with Gasteiger partial charge in [0.2, 0.25) is 0 Å². The number of carbonyl (C=O) groups is 1. The molecule has 0 unspecified atom stereocenters. The van der Waals surface area contributed by atoms with Crippen LogP contribution in [0.3, 0.4) is 0 Å². The number of hydrogen-bond acceptors (Lipinski definition) is 4. The lowest BCUT2D eigenvalue weighted by atomic mass is 10.2. The molecule has 30 heavy (non-hydrogen) atoms. The van der Waals surface area contributed by atoms with Gasteiger partial charge in [-0.25, -0.2) is 4.39 Å². The van der Waals surface area contributed by atoms with Crippen molar-refractivity contribution in [1.82, 2.24) is 9.78 Å². The van der Waals surface area contributed by atoms with Gasteiger partial charge in [-0.15, -0.1) is 0 Å². The maximum Gasteiger partial charge on any atom is 0.291 e. The van der Waals surface area contributed by atoms with Gasteiger partial charge in [-0.3, -0.25) is 9.48 Å². The lowest BCUT2D eigenvalue weighted by molar-refractivity contribution is 0.0992. The molecule has 0 saturated carbocycles. The van der Waals surface area contributed by atoms with E-state index in [1.54, 1.807) is 29.2 Å². The number of benzene rings is 2. The van der Waals surface area contributed by atoms with Crippen molar-refractivity contribution in [2.75, 3.05) is 5.32 Å². The molecule has 4 rings (SSSR count). The van der Waals surface area contributed by atoms with Crippen LogP contribution >= 0.6 is 11.6 Å². The van der Waals surface area contributed by atoms with Crippen LogP contribution in [-0.2, 0) is 13.2 Å². The van der Waals surface area contributed by atoms with E-state index >= 15 is 0 Å². The summed E-state index contributed by atoms with van der Waals surface area (Å²) in [5.41, 5.74) is 1.46. The Balaban J connectivity index is 1.34. The number of rotatable bonds is 7. The molecule has 0 saturated heterocycles. The minimum atomic E-state index is -0.402. The standard InChI is InChI=1S/C22H17ClFN3O3/c23-20-4-2-1-3-15(20)12-27-13-17(11-25-27)26-22(28)21-10-9-19(30-21)14-29-18-7-5-16(24)6-8-18/h1-11,13H,12,14H2,(H,26,28). The van der Waals surface area contributed by atoms with E-state index in [-0.39, 0.29) is 18.2 Å². The summed E-state index contributed by atoms with van der Waals surface area (Å²) in [7, 11) is 0. The molecule has 0 atom stereocenters. The largest absolute Gasteiger partial charge is 0.486 e. The molecule has 0 bridgehead atoms. The van der Waals surface area contributed by atoms with Crippen LogP contribution in [0.2, 0.25) is 5.02 Å². The summed E-state index contributed by atoms with van der Waals surface area (Å²) in [6.07, 6.45) is 3.26. The molecule has 152 valence electrons. The van der Waals surface area contributed by atoms with Crippen LogP contribution in [0, 0.1) is 5.82 Å². The van der Waals surface area contributed by atoms with Crippen molar-refractivity contribution in [1.29, 1.82) is 0 Å². The summed E-state index contributed by atoms with van der Waals surface area (Å²) in [5.74, 6) is 0.380. The Hall–Kier alpha value is -3.58. The van der Waals surface area contributed by atoms with E-state index in [1.807, 2.05) is 24.3 Å². The second kappa shape index (κ2) is 8.84. The van der Waals surface area contributed by atoms with Crippen molar-refractivity contribution in [3.63, 3.8) is 0 Å². The van der Waals surface area contributed by atoms with E-state index in [9.17, 15) is 9.18 Å². The van der Waals surface area contributed by atoms with E-state index in [0.29, 0.717) is 28.8 Å². The summed E-state index contributed by atoms with van der Waals surface area (Å²) in [5, 5.41) is 7.64. The average molecular weight is 426 g/mol. The molecule has 0 aliphatic rings. The van der Waals surface area contributed by atoms with Crippen LogP contribution in [-0.4, -0.2) is 15.7 Å². The topological polar surface area (TPSA) is 69.3 Å². The van der Waals surface area contributed by atoms with Gasteiger partial charge in [-0.05, 0) is 48.0 Å². The number of carbonyl (C=O) groups excluding carboxylic acids is 1. The number of anilines is 1. The fourth-order valence-electron chi connectivity index (χ4n) is 2.77. The van der Waals surface area contributed by atoms with Crippen molar-refractivity contribution in [2.24, 2.45) is 0 Å². The molecule has 0 spiro atoms. The zero-order valence-electron chi connectivity index (χ0n) is 15.7. The molecule has 2 aromatic carbocycles. The number of ether oxygens (including phenoxy) is 1. The highest BCUT2D eigenvalue weighted by molar-refractivity contribution is 6.31. The number of hydrogen-bond donors (Lipinski definition) is 1. The number of halogens is 2. The van der Waals surface area contributed by atoms with E-state index < -0.39 is 5.91 Å². The molecule has 6 nitrogen and oxygen atoms in total. The first-order valence-corrected chi connectivity index (χ1v) is 9.49. The average Bonchev–Trinajstić information content (AvgIpc) is 3.39. The van der Waals surface area contributed by atoms with Crippen LogP contribution in [0.25, 0.3) is 0 Å². The Morgan fingerprint density at radius 2 is 1.93 bits per heavy atom. The third kappa shape index (κ3) is 4.87. The fraction of sp³-hybridized carbons (Fsp3) is 0.0909. The van der Waals surface area contributed by atoms with Crippen LogP contribution in [0.15, 0.2) is 77.5 Å². The summed E-state index contributed by atoms with van der Waals surface area (Å²) < 4.78 is 25.6. The minimum Gasteiger partial charge on any atom is -0.486 e. The Bertz CT molecular complexity index is 1150. The van der Waals surface area contributed by atoms with Crippen LogP contribution in [0.4, 0.5) is 10.1 Å². The first-order valence-electron chi connectivity index (χ1n) is 9.11. The van der Waals surface area contributed by atoms with Gasteiger partial charge >= 0.3 is 0 Å². The van der Waals surface area contributed by atoms with Gasteiger partial charge in [0.05, 0.1) is 18.4 Å². The second-order valence-electron chi connectivity index (χ2n) is 6.48. The smallest absolute Gasteiger partial charge is 0.291 e. The second-order valence-corrected chi connectivity index (χ2v) is 6.89. The molecule has 1 N–H and O–H groups in total. The normalized spacial score (nSPS) is 10.7. The number of nitrogens with zero attached hydrogens (tertiary/aromatic N) is 2. The Labute approximate surface area is 176 Å². The number of aromatic nitrogens is 2. The molecular weight excluding hydrogens is 409 g/mol. The third-order valence-electron chi connectivity index (χ3n) is 4.26. The molecule has 4 aromatic rings. The molecule has 1 amide bonds. The zero-order chi connectivity index (χ0) is 20.9. The van der Waals surface area contributed by atoms with Gasteiger partial charge in [0.25, 0.3) is 5.91 Å². The summed E-state index contributed by atoms with van der Waals surface area (Å²) >= 11 is 6.17. The number of amides is 1. The molecule has 2 aromatic heterocycles. The zero-order valence-corrected chi connectivity index (χ0v) is 16.5. The van der Waals surface area contributed by atoms with Crippen molar-refractivity contribution in [3.8, 4) is 5.75 Å². The van der Waals surface area contributed by atoms with Crippen molar-refractivity contribution >= 4 is 23.2 Å². The monoisotopic (exact) mass is 425 g/mol. The highest BCUT2D eigenvalue weighted by atomic mass is 35.5. The highest BCUT2D eigenvalue weighted by Gasteiger charge is 2.13. The minimum absolute atomic E-state index is 0.120. The van der Waals surface area contributed by atoms with E-state index in [4.69, 9.17) is 20.8 Å². The first-order chi connectivity index (χ1) is 14.6. The summed E-state index contributed by atoms with van der Waals surface area (Å²) in [4.78, 5) is 12.4. The van der Waals surface area contributed by atoms with Crippen molar-refractivity contribution in [2.45, 2.75) is 13.2 Å². The molecule has 8 heteroatoms. The third-order valence-corrected chi connectivity index (χ3v) is 4.63. The van der Waals surface area contributed by atoms with Crippen molar-refractivity contribution in [3.05, 3.63) is 101 Å². The van der Waals surface area contributed by atoms with Crippen molar-refractivity contribution < 1.29 is 18.3 Å². The Morgan fingerprint density at radius 1 is 1.13 bits per heavy atom. The molecule has 0 fully saturated rings. The van der Waals surface area contributed by atoms with Crippen LogP contribution in [0.1, 0.15) is 21.9 Å². The first kappa shape index (κ1) is 19.7. The lowest BCUT2D eigenvalue weighted by Gasteiger charge is -2.04. The Kier molecular flexibility index (Phi) is 5.81. The van der Waals surface area contributed by atoms with E-state index in [1.165, 1.54) is 24.3 Å². The van der Waals surface area contributed by atoms with E-state index in [2.05, 4.69) is 10.4 Å². The molecule has 0 aliphatic carbocycles.